The molecule has 0 aliphatic carbocycles. The Kier molecular flexibility index (Phi) is 2.16. The number of fused-ring (bicyclic) bond motifs is 1. The van der Waals surface area contributed by atoms with E-state index < -0.39 is 0 Å². The van der Waals surface area contributed by atoms with Crippen LogP contribution >= 0.6 is 0 Å². The summed E-state index contributed by atoms with van der Waals surface area (Å²) in [7, 11) is 0. The van der Waals surface area contributed by atoms with Crippen LogP contribution in [0, 0.1) is 13.8 Å². The van der Waals surface area contributed by atoms with E-state index in [9.17, 15) is 0 Å². The van der Waals surface area contributed by atoms with E-state index in [2.05, 4.69) is 49.3 Å². The van der Waals surface area contributed by atoms with Gasteiger partial charge in [0.05, 0.1) is 0 Å². The highest BCUT2D eigenvalue weighted by molar-refractivity contribution is 5.85. The van der Waals surface area contributed by atoms with Crippen LogP contribution in [0.5, 0.6) is 0 Å². The van der Waals surface area contributed by atoms with E-state index in [0.29, 0.717) is 0 Å². The molecule has 0 radical (unpaired) electrons. The summed E-state index contributed by atoms with van der Waals surface area (Å²) in [5.74, 6) is 0. The zero-order chi connectivity index (χ0) is 10.1. The molecule has 0 aliphatic heterocycles. The van der Waals surface area contributed by atoms with Crippen molar-refractivity contribution in [3.05, 3.63) is 48.2 Å². The number of aromatic nitrogens is 1. The summed E-state index contributed by atoms with van der Waals surface area (Å²) in [6.45, 7) is 9.02. The van der Waals surface area contributed by atoms with Gasteiger partial charge < -0.3 is 4.57 Å². The third-order valence-corrected chi connectivity index (χ3v) is 2.86. The van der Waals surface area contributed by atoms with Gasteiger partial charge >= 0.3 is 0 Å². The molecule has 1 nitrogen and oxygen atoms in total. The predicted molar refractivity (Wildman–Crippen MR) is 61.6 cm³/mol. The van der Waals surface area contributed by atoms with Crippen molar-refractivity contribution in [1.29, 1.82) is 0 Å². The van der Waals surface area contributed by atoms with Crippen LogP contribution in [0.15, 0.2) is 36.9 Å². The SMILES string of the molecule is C=CCn1c(C)c(C)c2ccccc21. The molecule has 1 aromatic carbocycles. The lowest BCUT2D eigenvalue weighted by molar-refractivity contribution is 0.824. The van der Waals surface area contributed by atoms with Crippen molar-refractivity contribution in [2.75, 3.05) is 0 Å². The molecule has 0 saturated heterocycles. The molecule has 1 heterocycles. The second kappa shape index (κ2) is 3.33. The molecule has 0 atom stereocenters. The molecule has 2 aromatic rings. The monoisotopic (exact) mass is 185 g/mol. The molecule has 72 valence electrons. The van der Waals surface area contributed by atoms with Gasteiger partial charge in [-0.05, 0) is 25.5 Å². The first-order valence-electron chi connectivity index (χ1n) is 4.91. The van der Waals surface area contributed by atoms with E-state index in [-0.39, 0.29) is 0 Å². The van der Waals surface area contributed by atoms with Crippen molar-refractivity contribution in [3.63, 3.8) is 0 Å². The third kappa shape index (κ3) is 1.17. The first-order chi connectivity index (χ1) is 6.75. The van der Waals surface area contributed by atoms with Gasteiger partial charge in [-0.1, -0.05) is 24.3 Å². The minimum Gasteiger partial charge on any atom is -0.341 e. The fourth-order valence-corrected chi connectivity index (χ4v) is 1.97. The molecule has 0 amide bonds. The number of nitrogens with zero attached hydrogens (tertiary/aromatic N) is 1. The smallest absolute Gasteiger partial charge is 0.0488 e. The lowest BCUT2D eigenvalue weighted by Gasteiger charge is -2.03. The van der Waals surface area contributed by atoms with Crippen LogP contribution in [0.4, 0.5) is 0 Å². The third-order valence-electron chi connectivity index (χ3n) is 2.86. The van der Waals surface area contributed by atoms with Gasteiger partial charge in [-0.3, -0.25) is 0 Å². The van der Waals surface area contributed by atoms with Gasteiger partial charge in [0.2, 0.25) is 0 Å². The fourth-order valence-electron chi connectivity index (χ4n) is 1.97. The number of allylic oxidation sites excluding steroid dienone is 1. The highest BCUT2D eigenvalue weighted by atomic mass is 15.0. The van der Waals surface area contributed by atoms with Crippen LogP contribution < -0.4 is 0 Å². The van der Waals surface area contributed by atoms with Crippen molar-refractivity contribution in [3.8, 4) is 0 Å². The van der Waals surface area contributed by atoms with Crippen LogP contribution in [-0.4, -0.2) is 4.57 Å². The van der Waals surface area contributed by atoms with Gasteiger partial charge in [-0.25, -0.2) is 0 Å². The Balaban J connectivity index is 2.80. The Morgan fingerprint density at radius 1 is 1.29 bits per heavy atom. The highest BCUT2D eigenvalue weighted by Crippen LogP contribution is 2.24. The minimum absolute atomic E-state index is 0.889. The Labute approximate surface area is 84.7 Å². The average molecular weight is 185 g/mol. The molecule has 0 aliphatic rings. The van der Waals surface area contributed by atoms with Crippen molar-refractivity contribution in [2.45, 2.75) is 20.4 Å². The summed E-state index contributed by atoms with van der Waals surface area (Å²) < 4.78 is 2.30. The molecule has 1 heteroatoms. The second-order valence-electron chi connectivity index (χ2n) is 3.63. The number of hydrogen-bond donors (Lipinski definition) is 0. The summed E-state index contributed by atoms with van der Waals surface area (Å²) in [4.78, 5) is 0. The molecule has 0 N–H and O–H groups in total. The molecular formula is C13H15N. The zero-order valence-corrected chi connectivity index (χ0v) is 8.75. The normalized spacial score (nSPS) is 10.7. The Morgan fingerprint density at radius 3 is 2.71 bits per heavy atom. The van der Waals surface area contributed by atoms with E-state index in [0.717, 1.165) is 6.54 Å². The fraction of sp³-hybridized carbons (Fsp3) is 0.231. The molecule has 1 aromatic heterocycles. The van der Waals surface area contributed by atoms with Crippen molar-refractivity contribution in [2.24, 2.45) is 0 Å². The maximum atomic E-state index is 3.79. The lowest BCUT2D eigenvalue weighted by Crippen LogP contribution is -1.96. The largest absolute Gasteiger partial charge is 0.341 e. The minimum atomic E-state index is 0.889. The van der Waals surface area contributed by atoms with E-state index >= 15 is 0 Å². The van der Waals surface area contributed by atoms with Crippen molar-refractivity contribution in [1.82, 2.24) is 4.57 Å². The Morgan fingerprint density at radius 2 is 2.00 bits per heavy atom. The predicted octanol–water partition coefficient (Wildman–Crippen LogP) is 3.44. The molecule has 14 heavy (non-hydrogen) atoms. The van der Waals surface area contributed by atoms with Crippen LogP contribution in [-0.2, 0) is 6.54 Å². The maximum absolute atomic E-state index is 3.79. The molecule has 2 rings (SSSR count). The average Bonchev–Trinajstić information content (AvgIpc) is 2.45. The van der Waals surface area contributed by atoms with Gasteiger partial charge in [0.25, 0.3) is 0 Å². The van der Waals surface area contributed by atoms with E-state index in [1.54, 1.807) is 0 Å². The van der Waals surface area contributed by atoms with Gasteiger partial charge in [-0.15, -0.1) is 6.58 Å². The summed E-state index contributed by atoms with van der Waals surface area (Å²) >= 11 is 0. The van der Waals surface area contributed by atoms with E-state index in [4.69, 9.17) is 0 Å². The molecule has 0 fully saturated rings. The molecule has 0 unspecified atom stereocenters. The second-order valence-corrected chi connectivity index (χ2v) is 3.63. The Hall–Kier alpha value is -1.50. The molecule has 0 bridgehead atoms. The van der Waals surface area contributed by atoms with Gasteiger partial charge in [0.15, 0.2) is 0 Å². The molecule has 0 saturated carbocycles. The molecule has 0 spiro atoms. The first kappa shape index (κ1) is 9.07. The highest BCUT2D eigenvalue weighted by Gasteiger charge is 2.07. The summed E-state index contributed by atoms with van der Waals surface area (Å²) in [6.07, 6.45) is 1.94. The number of aryl methyl sites for hydroxylation is 1. The van der Waals surface area contributed by atoms with E-state index in [1.165, 1.54) is 22.2 Å². The summed E-state index contributed by atoms with van der Waals surface area (Å²) in [5, 5.41) is 1.35. The van der Waals surface area contributed by atoms with Crippen LogP contribution in [0.1, 0.15) is 11.3 Å². The zero-order valence-electron chi connectivity index (χ0n) is 8.75. The molecular weight excluding hydrogens is 170 g/mol. The van der Waals surface area contributed by atoms with Gasteiger partial charge in [0.1, 0.15) is 0 Å². The van der Waals surface area contributed by atoms with Crippen molar-refractivity contribution < 1.29 is 0 Å². The number of para-hydroxylation sites is 1. The quantitative estimate of drug-likeness (QED) is 0.631. The first-order valence-corrected chi connectivity index (χ1v) is 4.91. The van der Waals surface area contributed by atoms with Gasteiger partial charge in [0, 0.05) is 23.1 Å². The van der Waals surface area contributed by atoms with Crippen LogP contribution in [0.3, 0.4) is 0 Å². The topological polar surface area (TPSA) is 4.93 Å². The van der Waals surface area contributed by atoms with Crippen LogP contribution in [0.2, 0.25) is 0 Å². The number of benzene rings is 1. The van der Waals surface area contributed by atoms with Crippen molar-refractivity contribution >= 4 is 10.9 Å². The summed E-state index contributed by atoms with van der Waals surface area (Å²) in [6, 6.07) is 8.52. The lowest BCUT2D eigenvalue weighted by atomic mass is 10.2. The maximum Gasteiger partial charge on any atom is 0.0488 e. The van der Waals surface area contributed by atoms with E-state index in [1.807, 2.05) is 6.08 Å². The van der Waals surface area contributed by atoms with Gasteiger partial charge in [-0.2, -0.15) is 0 Å². The number of hydrogen-bond acceptors (Lipinski definition) is 0. The Bertz CT molecular complexity index is 477. The standard InChI is InChI=1S/C13H15N/c1-4-9-14-11(3)10(2)12-7-5-6-8-13(12)14/h4-8H,1,9H2,2-3H3. The summed E-state index contributed by atoms with van der Waals surface area (Å²) in [5.41, 5.74) is 4.02. The van der Waals surface area contributed by atoms with Crippen LogP contribution in [0.25, 0.3) is 10.9 Å². The number of rotatable bonds is 2.